The maximum atomic E-state index is 12.5. The number of aromatic amines is 1. The Morgan fingerprint density at radius 1 is 1.17 bits per heavy atom. The predicted molar refractivity (Wildman–Crippen MR) is 89.2 cm³/mol. The number of hydrogen-bond donors (Lipinski definition) is 1. The Morgan fingerprint density at radius 2 is 1.87 bits per heavy atom. The van der Waals surface area contributed by atoms with Gasteiger partial charge in [0.05, 0.1) is 12.7 Å². The number of carbonyl (C=O) groups is 1. The van der Waals surface area contributed by atoms with Crippen molar-refractivity contribution in [3.8, 4) is 16.9 Å². The highest BCUT2D eigenvalue weighted by atomic mass is 35.5. The lowest BCUT2D eigenvalue weighted by molar-refractivity contribution is 0.00705. The van der Waals surface area contributed by atoms with E-state index in [1.165, 1.54) is 19.4 Å². The van der Waals surface area contributed by atoms with Crippen molar-refractivity contribution in [3.05, 3.63) is 51.4 Å². The van der Waals surface area contributed by atoms with Crippen molar-refractivity contribution in [2.24, 2.45) is 0 Å². The van der Waals surface area contributed by atoms with Gasteiger partial charge >= 0.3 is 5.97 Å². The molecule has 0 fully saturated rings. The number of halogens is 1. The van der Waals surface area contributed by atoms with Gasteiger partial charge in [-0.3, -0.25) is 4.79 Å². The van der Waals surface area contributed by atoms with E-state index in [0.29, 0.717) is 27.5 Å². The molecule has 0 amide bonds. The number of ether oxygens (including phenoxy) is 2. The highest BCUT2D eigenvalue weighted by molar-refractivity contribution is 6.31. The summed E-state index contributed by atoms with van der Waals surface area (Å²) in [5.41, 5.74) is 0.324. The zero-order chi connectivity index (χ0) is 17.2. The lowest BCUT2D eigenvalue weighted by Gasteiger charge is -2.21. The molecule has 5 nitrogen and oxygen atoms in total. The molecular formula is C17H18ClNO4. The van der Waals surface area contributed by atoms with E-state index in [0.717, 1.165) is 0 Å². The number of benzene rings is 1. The smallest absolute Gasteiger partial charge is 0.339 e. The summed E-state index contributed by atoms with van der Waals surface area (Å²) in [5, 5.41) is 0.439. The van der Waals surface area contributed by atoms with Gasteiger partial charge in [0, 0.05) is 28.4 Å². The summed E-state index contributed by atoms with van der Waals surface area (Å²) in [7, 11) is 1.48. The van der Waals surface area contributed by atoms with E-state index < -0.39 is 11.6 Å². The molecule has 0 atom stereocenters. The molecule has 0 aliphatic rings. The Kier molecular flexibility index (Phi) is 4.80. The zero-order valence-electron chi connectivity index (χ0n) is 13.4. The van der Waals surface area contributed by atoms with Gasteiger partial charge in [0.15, 0.2) is 0 Å². The third-order valence-electron chi connectivity index (χ3n) is 3.00. The number of pyridine rings is 1. The SMILES string of the molecule is COc1c[nH]c(=O)cc1-c1cc(Cl)ccc1C(=O)OC(C)(C)C. The standard InChI is InChI=1S/C17H18ClNO4/c1-17(2,3)23-16(21)11-6-5-10(18)7-12(11)13-8-15(20)19-9-14(13)22-4/h5-9H,1-4H3,(H,19,20). The summed E-state index contributed by atoms with van der Waals surface area (Å²) in [6.07, 6.45) is 1.44. The number of esters is 1. The fraction of sp³-hybridized carbons (Fsp3) is 0.294. The normalized spacial score (nSPS) is 11.2. The fourth-order valence-electron chi connectivity index (χ4n) is 2.09. The molecule has 122 valence electrons. The van der Waals surface area contributed by atoms with E-state index in [9.17, 15) is 9.59 Å². The van der Waals surface area contributed by atoms with Gasteiger partial charge < -0.3 is 14.5 Å². The minimum atomic E-state index is -0.633. The molecule has 1 aromatic carbocycles. The highest BCUT2D eigenvalue weighted by Gasteiger charge is 2.22. The highest BCUT2D eigenvalue weighted by Crippen LogP contribution is 2.33. The average molecular weight is 336 g/mol. The Labute approximate surface area is 139 Å². The van der Waals surface area contributed by atoms with Crippen LogP contribution in [0, 0.1) is 0 Å². The van der Waals surface area contributed by atoms with Crippen LogP contribution in [0.15, 0.2) is 35.3 Å². The Balaban J connectivity index is 2.63. The Hall–Kier alpha value is -2.27. The number of methoxy groups -OCH3 is 1. The van der Waals surface area contributed by atoms with Crippen LogP contribution < -0.4 is 10.3 Å². The van der Waals surface area contributed by atoms with E-state index in [2.05, 4.69) is 4.98 Å². The van der Waals surface area contributed by atoms with Crippen molar-refractivity contribution in [1.29, 1.82) is 0 Å². The van der Waals surface area contributed by atoms with E-state index in [4.69, 9.17) is 21.1 Å². The quantitative estimate of drug-likeness (QED) is 0.869. The van der Waals surface area contributed by atoms with E-state index in [1.807, 2.05) is 0 Å². The molecule has 0 aliphatic heterocycles. The topological polar surface area (TPSA) is 68.4 Å². The number of carbonyl (C=O) groups excluding carboxylic acids is 1. The summed E-state index contributed by atoms with van der Waals surface area (Å²) in [6.45, 7) is 5.36. The van der Waals surface area contributed by atoms with Crippen LogP contribution in [0.5, 0.6) is 5.75 Å². The maximum absolute atomic E-state index is 12.5. The fourth-order valence-corrected chi connectivity index (χ4v) is 2.26. The first-order chi connectivity index (χ1) is 10.7. The van der Waals surface area contributed by atoms with Crippen LogP contribution in [0.25, 0.3) is 11.1 Å². The van der Waals surface area contributed by atoms with Crippen LogP contribution >= 0.6 is 11.6 Å². The van der Waals surface area contributed by atoms with Gasteiger partial charge in [-0.1, -0.05) is 11.6 Å². The van der Waals surface area contributed by atoms with Crippen molar-refractivity contribution in [3.63, 3.8) is 0 Å². The summed E-state index contributed by atoms with van der Waals surface area (Å²) in [5.74, 6) is -0.0665. The molecular weight excluding hydrogens is 318 g/mol. The number of hydrogen-bond acceptors (Lipinski definition) is 4. The monoisotopic (exact) mass is 335 g/mol. The summed E-state index contributed by atoms with van der Waals surface area (Å²) < 4.78 is 10.7. The molecule has 2 aromatic rings. The third-order valence-corrected chi connectivity index (χ3v) is 3.23. The molecule has 23 heavy (non-hydrogen) atoms. The summed E-state index contributed by atoms with van der Waals surface area (Å²) >= 11 is 6.06. The van der Waals surface area contributed by atoms with Crippen LogP contribution in [-0.4, -0.2) is 23.7 Å². The molecule has 1 N–H and O–H groups in total. The lowest BCUT2D eigenvalue weighted by Crippen LogP contribution is -2.24. The number of H-pyrrole nitrogens is 1. The second kappa shape index (κ2) is 6.46. The molecule has 0 aliphatic carbocycles. The minimum Gasteiger partial charge on any atom is -0.495 e. The van der Waals surface area contributed by atoms with Crippen molar-refractivity contribution >= 4 is 17.6 Å². The predicted octanol–water partition coefficient (Wildman–Crippen LogP) is 3.66. The summed E-state index contributed by atoms with van der Waals surface area (Å²) in [6, 6.07) is 6.15. The van der Waals surface area contributed by atoms with Gasteiger partial charge in [0.2, 0.25) is 5.56 Å². The lowest BCUT2D eigenvalue weighted by atomic mass is 9.99. The molecule has 0 bridgehead atoms. The van der Waals surface area contributed by atoms with Crippen LogP contribution in [0.1, 0.15) is 31.1 Å². The van der Waals surface area contributed by atoms with Gasteiger partial charge in [-0.25, -0.2) is 4.79 Å². The molecule has 2 rings (SSSR count). The van der Waals surface area contributed by atoms with E-state index in [1.54, 1.807) is 39.0 Å². The molecule has 0 spiro atoms. The van der Waals surface area contributed by atoms with Gasteiger partial charge in [0.1, 0.15) is 11.4 Å². The van der Waals surface area contributed by atoms with Crippen molar-refractivity contribution in [2.45, 2.75) is 26.4 Å². The van der Waals surface area contributed by atoms with E-state index >= 15 is 0 Å². The van der Waals surface area contributed by atoms with Crippen LogP contribution in [0.3, 0.4) is 0 Å². The average Bonchev–Trinajstić information content (AvgIpc) is 2.45. The van der Waals surface area contributed by atoms with Gasteiger partial charge in [-0.2, -0.15) is 0 Å². The number of nitrogens with one attached hydrogen (secondary N) is 1. The van der Waals surface area contributed by atoms with E-state index in [-0.39, 0.29) is 5.56 Å². The first kappa shape index (κ1) is 17.1. The first-order valence-corrected chi connectivity index (χ1v) is 7.39. The molecule has 0 unspecified atom stereocenters. The third kappa shape index (κ3) is 4.13. The number of aromatic nitrogens is 1. The Bertz CT molecular complexity index is 790. The molecule has 6 heteroatoms. The van der Waals surface area contributed by atoms with Crippen LogP contribution in [0.4, 0.5) is 0 Å². The molecule has 0 radical (unpaired) electrons. The minimum absolute atomic E-state index is 0.309. The zero-order valence-corrected chi connectivity index (χ0v) is 14.2. The van der Waals surface area contributed by atoms with Gasteiger partial charge in [-0.05, 0) is 39.0 Å². The van der Waals surface area contributed by atoms with Crippen molar-refractivity contribution in [1.82, 2.24) is 4.98 Å². The van der Waals surface area contributed by atoms with Gasteiger partial charge in [-0.15, -0.1) is 0 Å². The second-order valence-electron chi connectivity index (χ2n) is 5.97. The molecule has 1 heterocycles. The Morgan fingerprint density at radius 3 is 2.48 bits per heavy atom. The molecule has 0 saturated heterocycles. The number of rotatable bonds is 3. The second-order valence-corrected chi connectivity index (χ2v) is 6.41. The largest absolute Gasteiger partial charge is 0.495 e. The van der Waals surface area contributed by atoms with Crippen molar-refractivity contribution in [2.75, 3.05) is 7.11 Å². The first-order valence-electron chi connectivity index (χ1n) is 7.01. The molecule has 0 saturated carbocycles. The maximum Gasteiger partial charge on any atom is 0.339 e. The summed E-state index contributed by atoms with van der Waals surface area (Å²) in [4.78, 5) is 26.7. The van der Waals surface area contributed by atoms with Gasteiger partial charge in [0.25, 0.3) is 0 Å². The van der Waals surface area contributed by atoms with Crippen LogP contribution in [0.2, 0.25) is 5.02 Å². The van der Waals surface area contributed by atoms with Crippen molar-refractivity contribution < 1.29 is 14.3 Å². The molecule has 1 aromatic heterocycles. The van der Waals surface area contributed by atoms with Crippen LogP contribution in [-0.2, 0) is 4.74 Å².